The normalized spacial score (nSPS) is 52.9. The molecule has 0 aromatic heterocycles. The highest BCUT2D eigenvalue weighted by Crippen LogP contribution is 2.89. The van der Waals surface area contributed by atoms with Crippen molar-refractivity contribution in [3.05, 3.63) is 0 Å². The Balaban J connectivity index is 1.45. The quantitative estimate of drug-likeness (QED) is 0.527. The molecule has 2 spiro atoms. The lowest BCUT2D eigenvalue weighted by Gasteiger charge is -2.63. The van der Waals surface area contributed by atoms with Gasteiger partial charge < -0.3 is 9.84 Å². The van der Waals surface area contributed by atoms with Crippen LogP contribution in [0, 0.1) is 50.7 Å². The predicted octanol–water partition coefficient (Wildman–Crippen LogP) is 6.38. The number of carbonyl (C=O) groups excluding carboxylic acids is 1. The van der Waals surface area contributed by atoms with Gasteiger partial charge in [0, 0.05) is 18.9 Å². The first kappa shape index (κ1) is 22.2. The molecule has 0 bridgehead atoms. The van der Waals surface area contributed by atoms with Gasteiger partial charge >= 0.3 is 5.97 Å². The van der Waals surface area contributed by atoms with Gasteiger partial charge in [-0.1, -0.05) is 34.6 Å². The first-order valence-corrected chi connectivity index (χ1v) is 13.3. The predicted molar refractivity (Wildman–Crippen MR) is 123 cm³/mol. The average molecular weight is 431 g/mol. The highest BCUT2D eigenvalue weighted by molar-refractivity contribution is 5.66. The molecule has 3 nitrogen and oxygen atoms in total. The lowest BCUT2D eigenvalue weighted by atomic mass is 9.41. The summed E-state index contributed by atoms with van der Waals surface area (Å²) in [5.41, 5.74) is 2.03. The molecular weight excluding hydrogens is 384 g/mol. The van der Waals surface area contributed by atoms with E-state index in [1.54, 1.807) is 6.92 Å². The fourth-order valence-corrected chi connectivity index (χ4v) is 11.1. The van der Waals surface area contributed by atoms with E-state index in [0.29, 0.717) is 40.1 Å². The van der Waals surface area contributed by atoms with Crippen molar-refractivity contribution < 1.29 is 14.6 Å². The molecule has 0 radical (unpaired) electrons. The van der Waals surface area contributed by atoms with E-state index >= 15 is 0 Å². The summed E-state index contributed by atoms with van der Waals surface area (Å²) in [4.78, 5) is 11.8. The third-order valence-electron chi connectivity index (χ3n) is 12.7. The molecule has 5 aliphatic carbocycles. The van der Waals surface area contributed by atoms with Gasteiger partial charge in [-0.2, -0.15) is 0 Å². The molecule has 5 fully saturated rings. The molecule has 2 unspecified atom stereocenters. The molecule has 31 heavy (non-hydrogen) atoms. The van der Waals surface area contributed by atoms with E-state index in [2.05, 4.69) is 34.6 Å². The minimum Gasteiger partial charge on any atom is -0.462 e. The van der Waals surface area contributed by atoms with Gasteiger partial charge in [0.1, 0.15) is 6.10 Å². The zero-order valence-corrected chi connectivity index (χ0v) is 20.9. The molecule has 0 saturated heterocycles. The summed E-state index contributed by atoms with van der Waals surface area (Å²) < 4.78 is 5.86. The van der Waals surface area contributed by atoms with Crippen molar-refractivity contribution in [2.75, 3.05) is 6.61 Å². The van der Waals surface area contributed by atoms with E-state index in [-0.39, 0.29) is 17.5 Å². The van der Waals surface area contributed by atoms with Crippen molar-refractivity contribution >= 4 is 5.97 Å². The van der Waals surface area contributed by atoms with Crippen LogP contribution in [0.3, 0.4) is 0 Å². The molecule has 0 aromatic rings. The largest absolute Gasteiger partial charge is 0.462 e. The molecule has 0 heterocycles. The highest BCUT2D eigenvalue weighted by Gasteiger charge is 2.82. The Kier molecular flexibility index (Phi) is 4.83. The minimum absolute atomic E-state index is 0.0912. The van der Waals surface area contributed by atoms with Crippen molar-refractivity contribution in [2.45, 2.75) is 112 Å². The molecule has 5 aliphatic rings. The first-order valence-electron chi connectivity index (χ1n) is 13.3. The van der Waals surface area contributed by atoms with Crippen LogP contribution in [0.4, 0.5) is 0 Å². The van der Waals surface area contributed by atoms with E-state index in [0.717, 1.165) is 24.7 Å². The third-order valence-corrected chi connectivity index (χ3v) is 12.7. The average Bonchev–Trinajstić information content (AvgIpc) is 3.27. The number of aliphatic hydroxyl groups excluding tert-OH is 1. The lowest BCUT2D eigenvalue weighted by Crippen LogP contribution is -2.58. The molecule has 0 amide bonds. The second-order valence-corrected chi connectivity index (χ2v) is 13.6. The van der Waals surface area contributed by atoms with E-state index in [9.17, 15) is 9.90 Å². The topological polar surface area (TPSA) is 46.5 Å². The Morgan fingerprint density at radius 2 is 1.61 bits per heavy atom. The minimum atomic E-state index is -0.108. The second-order valence-electron chi connectivity index (χ2n) is 13.6. The van der Waals surface area contributed by atoms with Crippen LogP contribution in [-0.2, 0) is 9.53 Å². The fraction of sp³-hybridized carbons (Fsp3) is 0.964. The number of carbonyl (C=O) groups is 1. The maximum Gasteiger partial charge on any atom is 0.302 e. The molecule has 9 atom stereocenters. The van der Waals surface area contributed by atoms with Crippen LogP contribution in [0.15, 0.2) is 0 Å². The number of hydrogen-bond donors (Lipinski definition) is 1. The molecule has 176 valence electrons. The van der Waals surface area contributed by atoms with Crippen molar-refractivity contribution in [1.82, 2.24) is 0 Å². The van der Waals surface area contributed by atoms with Gasteiger partial charge in [-0.25, -0.2) is 0 Å². The maximum atomic E-state index is 11.8. The van der Waals surface area contributed by atoms with Crippen molar-refractivity contribution in [3.63, 3.8) is 0 Å². The zero-order valence-electron chi connectivity index (χ0n) is 20.9. The molecule has 0 aromatic carbocycles. The zero-order chi connectivity index (χ0) is 22.4. The standard InChI is InChI=1S/C28H46O3/c1-18(11-16-29)20-9-12-26(6)22-8-7-21-24(3,4)23(31-19(2)30)10-13-27(21)17-28(22,27)15-14-25(20,26)5/h18,20-23,29H,7-17H2,1-6H3/t18-,20-,21?,22?,23+,25-,26+,27-,28+/m1/s1. The lowest BCUT2D eigenvalue weighted by molar-refractivity contribution is -0.181. The van der Waals surface area contributed by atoms with Gasteiger partial charge in [-0.3, -0.25) is 4.79 Å². The van der Waals surface area contributed by atoms with Gasteiger partial charge in [0.15, 0.2) is 0 Å². The summed E-state index contributed by atoms with van der Waals surface area (Å²) in [6, 6.07) is 0. The monoisotopic (exact) mass is 430 g/mol. The Morgan fingerprint density at radius 1 is 0.935 bits per heavy atom. The summed E-state index contributed by atoms with van der Waals surface area (Å²) in [5.74, 6) is 2.86. The van der Waals surface area contributed by atoms with Crippen LogP contribution in [0.25, 0.3) is 0 Å². The third kappa shape index (κ3) is 2.59. The summed E-state index contributed by atoms with van der Waals surface area (Å²) >= 11 is 0. The van der Waals surface area contributed by atoms with Crippen molar-refractivity contribution in [2.24, 2.45) is 50.7 Å². The molecule has 3 heteroatoms. The second kappa shape index (κ2) is 6.73. The number of rotatable bonds is 4. The SMILES string of the molecule is CC(=O)O[C@H]1CC[C@]23C[C@]24CC[C@]2(C)[C@@H]([C@H](C)CCO)CC[C@@]2(C)C4CCC3C1(C)C. The van der Waals surface area contributed by atoms with Crippen LogP contribution in [0.2, 0.25) is 0 Å². The van der Waals surface area contributed by atoms with Crippen molar-refractivity contribution in [1.29, 1.82) is 0 Å². The molecule has 1 N–H and O–H groups in total. The summed E-state index contributed by atoms with van der Waals surface area (Å²) in [6.07, 6.45) is 13.0. The molecule has 0 aliphatic heterocycles. The van der Waals surface area contributed by atoms with Gasteiger partial charge in [-0.05, 0) is 110 Å². The molecule has 5 saturated carbocycles. The Hall–Kier alpha value is -0.570. The summed E-state index contributed by atoms with van der Waals surface area (Å²) in [6.45, 7) is 14.4. The highest BCUT2D eigenvalue weighted by atomic mass is 16.5. The van der Waals surface area contributed by atoms with Crippen molar-refractivity contribution in [3.8, 4) is 0 Å². The van der Waals surface area contributed by atoms with Crippen LogP contribution in [-0.4, -0.2) is 23.8 Å². The molecular formula is C28H46O3. The van der Waals surface area contributed by atoms with E-state index in [4.69, 9.17) is 4.74 Å². The van der Waals surface area contributed by atoms with E-state index in [1.165, 1.54) is 51.4 Å². The Bertz CT molecular complexity index is 759. The van der Waals surface area contributed by atoms with Gasteiger partial charge in [-0.15, -0.1) is 0 Å². The van der Waals surface area contributed by atoms with Crippen LogP contribution in [0.1, 0.15) is 106 Å². The summed E-state index contributed by atoms with van der Waals surface area (Å²) in [5, 5.41) is 9.60. The number of fused-ring (bicyclic) bond motifs is 2. The number of ether oxygens (including phenoxy) is 1. The van der Waals surface area contributed by atoms with E-state index < -0.39 is 0 Å². The Morgan fingerprint density at radius 3 is 2.29 bits per heavy atom. The van der Waals surface area contributed by atoms with Gasteiger partial charge in [0.2, 0.25) is 0 Å². The van der Waals surface area contributed by atoms with Gasteiger partial charge in [0.25, 0.3) is 0 Å². The smallest absolute Gasteiger partial charge is 0.302 e. The van der Waals surface area contributed by atoms with Crippen LogP contribution in [0.5, 0.6) is 0 Å². The molecule has 5 rings (SSSR count). The van der Waals surface area contributed by atoms with E-state index in [1.807, 2.05) is 0 Å². The van der Waals surface area contributed by atoms with Crippen LogP contribution >= 0.6 is 0 Å². The number of hydrogen-bond acceptors (Lipinski definition) is 3. The Labute approximate surface area is 190 Å². The van der Waals surface area contributed by atoms with Gasteiger partial charge in [0.05, 0.1) is 0 Å². The number of esters is 1. The van der Waals surface area contributed by atoms with Crippen LogP contribution < -0.4 is 0 Å². The summed E-state index contributed by atoms with van der Waals surface area (Å²) in [7, 11) is 0. The fourth-order valence-electron chi connectivity index (χ4n) is 11.1. The number of aliphatic hydroxyl groups is 1. The maximum absolute atomic E-state index is 11.8. The first-order chi connectivity index (χ1) is 14.5.